The smallest absolute Gasteiger partial charge is 0.171 e. The van der Waals surface area contributed by atoms with E-state index in [1.54, 1.807) is 6.08 Å². The van der Waals surface area contributed by atoms with Gasteiger partial charge in [-0.05, 0) is 73.8 Å². The monoisotopic (exact) mass is 414 g/mol. The third-order valence-electron chi connectivity index (χ3n) is 5.25. The molecule has 0 saturated heterocycles. The maximum Gasteiger partial charge on any atom is 0.171 e. The van der Waals surface area contributed by atoms with E-state index >= 15 is 0 Å². The standard InChI is InChI=1S/C23H27ClN2OS/c1-2-17-27-20-11-9-19(10-12-20)25-22(28)26-23(14-5-6-15-23)16-13-18-7-3-4-8-21(18)24/h2-4,7-12H,1,5-6,13-17H2,(H2,25,26,28). The number of hydrogen-bond acceptors (Lipinski definition) is 2. The summed E-state index contributed by atoms with van der Waals surface area (Å²) in [5.41, 5.74) is 2.19. The Morgan fingerprint density at radius 2 is 1.86 bits per heavy atom. The molecule has 2 N–H and O–H groups in total. The van der Waals surface area contributed by atoms with Gasteiger partial charge in [-0.3, -0.25) is 0 Å². The van der Waals surface area contributed by atoms with Crippen LogP contribution in [0.3, 0.4) is 0 Å². The molecule has 3 rings (SSSR count). The van der Waals surface area contributed by atoms with E-state index in [0.29, 0.717) is 11.7 Å². The first-order valence-corrected chi connectivity index (χ1v) is 10.6. The topological polar surface area (TPSA) is 33.3 Å². The minimum Gasteiger partial charge on any atom is -0.490 e. The predicted octanol–water partition coefficient (Wildman–Crippen LogP) is 6.14. The van der Waals surface area contributed by atoms with Crippen molar-refractivity contribution in [1.29, 1.82) is 0 Å². The normalized spacial score (nSPS) is 15.0. The molecule has 0 spiro atoms. The SMILES string of the molecule is C=CCOc1ccc(NC(=S)NC2(CCc3ccccc3Cl)CCCC2)cc1. The molecular formula is C23H27ClN2OS. The quantitative estimate of drug-likeness (QED) is 0.401. The molecule has 0 bridgehead atoms. The Bertz CT molecular complexity index is 801. The second-order valence-corrected chi connectivity index (χ2v) is 8.10. The summed E-state index contributed by atoms with van der Waals surface area (Å²) in [4.78, 5) is 0. The summed E-state index contributed by atoms with van der Waals surface area (Å²) in [7, 11) is 0. The van der Waals surface area contributed by atoms with Gasteiger partial charge in [0.15, 0.2) is 5.11 Å². The Balaban J connectivity index is 1.58. The Morgan fingerprint density at radius 1 is 1.14 bits per heavy atom. The highest BCUT2D eigenvalue weighted by Crippen LogP contribution is 2.34. The van der Waals surface area contributed by atoms with Gasteiger partial charge in [0.05, 0.1) is 0 Å². The number of rotatable bonds is 8. The second-order valence-electron chi connectivity index (χ2n) is 7.28. The minimum atomic E-state index is 0.0380. The van der Waals surface area contributed by atoms with Crippen LogP contribution in [0, 0.1) is 0 Å². The van der Waals surface area contributed by atoms with Gasteiger partial charge >= 0.3 is 0 Å². The van der Waals surface area contributed by atoms with Crippen LogP contribution in [0.1, 0.15) is 37.7 Å². The first-order chi connectivity index (χ1) is 13.6. The lowest BCUT2D eigenvalue weighted by molar-refractivity contribution is 0.362. The Kier molecular flexibility index (Phi) is 7.35. The summed E-state index contributed by atoms with van der Waals surface area (Å²) in [5, 5.41) is 8.43. The zero-order valence-electron chi connectivity index (χ0n) is 16.0. The van der Waals surface area contributed by atoms with E-state index in [1.807, 2.05) is 42.5 Å². The van der Waals surface area contributed by atoms with Crippen LogP contribution in [0.2, 0.25) is 5.02 Å². The number of ether oxygens (including phenoxy) is 1. The lowest BCUT2D eigenvalue weighted by Gasteiger charge is -2.32. The van der Waals surface area contributed by atoms with Crippen molar-refractivity contribution in [2.24, 2.45) is 0 Å². The Morgan fingerprint density at radius 3 is 2.54 bits per heavy atom. The van der Waals surface area contributed by atoms with Crippen LogP contribution in [0.25, 0.3) is 0 Å². The van der Waals surface area contributed by atoms with Gasteiger partial charge in [-0.2, -0.15) is 0 Å². The third kappa shape index (κ3) is 5.73. The summed E-state index contributed by atoms with van der Waals surface area (Å²) in [6, 6.07) is 15.9. The van der Waals surface area contributed by atoms with Gasteiger partial charge < -0.3 is 15.4 Å². The number of halogens is 1. The van der Waals surface area contributed by atoms with Crippen LogP contribution in [0.15, 0.2) is 61.2 Å². The number of hydrogen-bond donors (Lipinski definition) is 2. The minimum absolute atomic E-state index is 0.0380. The molecule has 1 aliphatic rings. The molecule has 0 aromatic heterocycles. The molecule has 0 unspecified atom stereocenters. The molecular weight excluding hydrogens is 388 g/mol. The van der Waals surface area contributed by atoms with Crippen molar-refractivity contribution >= 4 is 34.6 Å². The highest BCUT2D eigenvalue weighted by Gasteiger charge is 2.34. The molecule has 0 atom stereocenters. The molecule has 0 radical (unpaired) electrons. The van der Waals surface area contributed by atoms with E-state index < -0.39 is 0 Å². The third-order valence-corrected chi connectivity index (χ3v) is 5.82. The molecule has 2 aromatic carbocycles. The zero-order chi connectivity index (χ0) is 19.8. The van der Waals surface area contributed by atoms with E-state index in [0.717, 1.165) is 42.1 Å². The van der Waals surface area contributed by atoms with Crippen molar-refractivity contribution in [2.45, 2.75) is 44.1 Å². The maximum absolute atomic E-state index is 6.34. The fourth-order valence-corrected chi connectivity index (χ4v) is 4.32. The molecule has 5 heteroatoms. The van der Waals surface area contributed by atoms with Gasteiger partial charge in [0.2, 0.25) is 0 Å². The van der Waals surface area contributed by atoms with Gasteiger partial charge in [-0.25, -0.2) is 0 Å². The summed E-state index contributed by atoms with van der Waals surface area (Å²) in [5.74, 6) is 0.816. The van der Waals surface area contributed by atoms with E-state index in [2.05, 4.69) is 23.3 Å². The largest absolute Gasteiger partial charge is 0.490 e. The lowest BCUT2D eigenvalue weighted by Crippen LogP contribution is -2.48. The van der Waals surface area contributed by atoms with E-state index in [1.165, 1.54) is 18.4 Å². The van der Waals surface area contributed by atoms with Crippen LogP contribution in [-0.4, -0.2) is 17.3 Å². The van der Waals surface area contributed by atoms with Gasteiger partial charge in [0, 0.05) is 16.2 Å². The Hall–Kier alpha value is -2.04. The van der Waals surface area contributed by atoms with Gasteiger partial charge in [-0.1, -0.05) is 55.3 Å². The van der Waals surface area contributed by atoms with Crippen molar-refractivity contribution in [3.63, 3.8) is 0 Å². The molecule has 0 amide bonds. The summed E-state index contributed by atoms with van der Waals surface area (Å²) < 4.78 is 5.52. The zero-order valence-corrected chi connectivity index (χ0v) is 17.6. The van der Waals surface area contributed by atoms with Crippen molar-refractivity contribution < 1.29 is 4.74 Å². The van der Waals surface area contributed by atoms with Crippen molar-refractivity contribution in [1.82, 2.24) is 5.32 Å². The summed E-state index contributed by atoms with van der Waals surface area (Å²) in [6.07, 6.45) is 8.43. The molecule has 3 nitrogen and oxygen atoms in total. The molecule has 148 valence electrons. The van der Waals surface area contributed by atoms with E-state index in [4.69, 9.17) is 28.6 Å². The predicted molar refractivity (Wildman–Crippen MR) is 122 cm³/mol. The van der Waals surface area contributed by atoms with Crippen LogP contribution in [0.4, 0.5) is 5.69 Å². The summed E-state index contributed by atoms with van der Waals surface area (Å²) >= 11 is 11.9. The molecule has 0 heterocycles. The molecule has 1 aliphatic carbocycles. The van der Waals surface area contributed by atoms with Crippen molar-refractivity contribution in [2.75, 3.05) is 11.9 Å². The molecule has 1 fully saturated rings. The fraction of sp³-hybridized carbons (Fsp3) is 0.348. The van der Waals surface area contributed by atoms with E-state index in [9.17, 15) is 0 Å². The number of benzene rings is 2. The summed E-state index contributed by atoms with van der Waals surface area (Å²) in [6.45, 7) is 4.16. The van der Waals surface area contributed by atoms with Gasteiger partial charge in [-0.15, -0.1) is 0 Å². The lowest BCUT2D eigenvalue weighted by atomic mass is 9.89. The first-order valence-electron chi connectivity index (χ1n) is 9.77. The highest BCUT2D eigenvalue weighted by atomic mass is 35.5. The molecule has 28 heavy (non-hydrogen) atoms. The molecule has 0 aliphatic heterocycles. The average Bonchev–Trinajstić information content (AvgIpc) is 3.15. The van der Waals surface area contributed by atoms with Crippen molar-refractivity contribution in [3.05, 3.63) is 71.8 Å². The average molecular weight is 415 g/mol. The van der Waals surface area contributed by atoms with Crippen LogP contribution in [-0.2, 0) is 6.42 Å². The van der Waals surface area contributed by atoms with Crippen LogP contribution in [0.5, 0.6) is 5.75 Å². The molecule has 1 saturated carbocycles. The number of anilines is 1. The molecule has 2 aromatic rings. The van der Waals surface area contributed by atoms with Crippen molar-refractivity contribution in [3.8, 4) is 5.75 Å². The van der Waals surface area contributed by atoms with E-state index in [-0.39, 0.29) is 5.54 Å². The Labute approximate surface area is 178 Å². The van der Waals surface area contributed by atoms with Gasteiger partial charge in [0.25, 0.3) is 0 Å². The van der Waals surface area contributed by atoms with Crippen LogP contribution >= 0.6 is 23.8 Å². The highest BCUT2D eigenvalue weighted by molar-refractivity contribution is 7.80. The number of thiocarbonyl (C=S) groups is 1. The fourth-order valence-electron chi connectivity index (χ4n) is 3.76. The number of nitrogens with one attached hydrogen (secondary N) is 2. The first kappa shape index (κ1) is 20.7. The second kappa shape index (κ2) is 9.94. The maximum atomic E-state index is 6.34. The number of aryl methyl sites for hydroxylation is 1. The van der Waals surface area contributed by atoms with Gasteiger partial charge in [0.1, 0.15) is 12.4 Å². The van der Waals surface area contributed by atoms with Crippen LogP contribution < -0.4 is 15.4 Å².